The Bertz CT molecular complexity index is 813. The average Bonchev–Trinajstić information content (AvgIpc) is 2.62. The second-order valence-corrected chi connectivity index (χ2v) is 6.56. The highest BCUT2D eigenvalue weighted by Gasteiger charge is 2.18. The Balaban J connectivity index is 1.82. The molecule has 2 aromatic rings. The first-order valence-corrected chi connectivity index (χ1v) is 8.37. The highest BCUT2D eigenvalue weighted by Crippen LogP contribution is 2.26. The van der Waals surface area contributed by atoms with Crippen molar-refractivity contribution >= 4 is 35.0 Å². The van der Waals surface area contributed by atoms with Crippen LogP contribution >= 0.6 is 11.8 Å². The number of halogens is 1. The van der Waals surface area contributed by atoms with Gasteiger partial charge in [-0.05, 0) is 31.2 Å². The summed E-state index contributed by atoms with van der Waals surface area (Å²) in [7, 11) is 0. The third kappa shape index (κ3) is 5.55. The fourth-order valence-electron chi connectivity index (χ4n) is 1.90. The predicted molar refractivity (Wildman–Crippen MR) is 94.4 cm³/mol. The van der Waals surface area contributed by atoms with Crippen molar-refractivity contribution in [3.8, 4) is 0 Å². The number of esters is 1. The molecule has 0 aromatic heterocycles. The molecule has 7 nitrogen and oxygen atoms in total. The van der Waals surface area contributed by atoms with Gasteiger partial charge >= 0.3 is 5.97 Å². The van der Waals surface area contributed by atoms with Gasteiger partial charge in [0.1, 0.15) is 11.1 Å². The molecule has 0 aliphatic heterocycles. The zero-order chi connectivity index (χ0) is 19.1. The molecule has 0 radical (unpaired) electrons. The number of ether oxygens (including phenoxy) is 1. The molecule has 9 heteroatoms. The Hall–Kier alpha value is -2.94. The molecule has 2 rings (SSSR count). The van der Waals surface area contributed by atoms with Gasteiger partial charge in [0.25, 0.3) is 11.6 Å². The van der Waals surface area contributed by atoms with E-state index in [2.05, 4.69) is 5.32 Å². The van der Waals surface area contributed by atoms with Crippen LogP contribution in [-0.2, 0) is 14.3 Å². The number of hydrogen-bond donors (Lipinski definition) is 1. The zero-order valence-electron chi connectivity index (χ0n) is 13.7. The molecule has 0 unspecified atom stereocenters. The van der Waals surface area contributed by atoms with Crippen LogP contribution in [0.4, 0.5) is 15.8 Å². The molecule has 1 amide bonds. The Morgan fingerprint density at radius 2 is 1.88 bits per heavy atom. The van der Waals surface area contributed by atoms with Gasteiger partial charge in [0.2, 0.25) is 0 Å². The van der Waals surface area contributed by atoms with Crippen molar-refractivity contribution in [1.29, 1.82) is 0 Å². The highest BCUT2D eigenvalue weighted by atomic mass is 32.2. The minimum atomic E-state index is -0.656. The topological polar surface area (TPSA) is 98.5 Å². The van der Waals surface area contributed by atoms with Crippen molar-refractivity contribution in [3.63, 3.8) is 0 Å². The number of non-ortho nitro benzene ring substituents is 1. The lowest BCUT2D eigenvalue weighted by Crippen LogP contribution is -2.25. The summed E-state index contributed by atoms with van der Waals surface area (Å²) in [6.07, 6.45) is 0. The van der Waals surface area contributed by atoms with Crippen LogP contribution < -0.4 is 5.32 Å². The van der Waals surface area contributed by atoms with Crippen LogP contribution in [0.25, 0.3) is 0 Å². The number of carbonyl (C=O) groups excluding carboxylic acids is 2. The SMILES string of the molecule is C[C@H](Sc1ccc([N+](=O)[O-])cc1)C(=O)OCC(=O)Nc1ccccc1F. The molecule has 0 saturated carbocycles. The lowest BCUT2D eigenvalue weighted by atomic mass is 10.3. The van der Waals surface area contributed by atoms with Gasteiger partial charge in [0.05, 0.1) is 10.6 Å². The summed E-state index contributed by atoms with van der Waals surface area (Å²) in [5.41, 5.74) is -0.0451. The van der Waals surface area contributed by atoms with Crippen molar-refractivity contribution in [2.75, 3.05) is 11.9 Å². The van der Waals surface area contributed by atoms with Gasteiger partial charge in [-0.3, -0.25) is 19.7 Å². The van der Waals surface area contributed by atoms with Crippen LogP contribution in [0.15, 0.2) is 53.4 Å². The third-order valence-electron chi connectivity index (χ3n) is 3.19. The summed E-state index contributed by atoms with van der Waals surface area (Å²) in [6, 6.07) is 11.4. The summed E-state index contributed by atoms with van der Waals surface area (Å²) < 4.78 is 18.3. The van der Waals surface area contributed by atoms with Gasteiger partial charge < -0.3 is 10.1 Å². The minimum Gasteiger partial charge on any atom is -0.455 e. The molecule has 0 spiro atoms. The standard InChI is InChI=1S/C17H15FN2O5S/c1-11(26-13-8-6-12(7-9-13)20(23)24)17(22)25-10-16(21)19-15-5-3-2-4-14(15)18/h2-9,11H,10H2,1H3,(H,19,21)/t11-/m0/s1. The normalized spacial score (nSPS) is 11.5. The van der Waals surface area contributed by atoms with E-state index in [-0.39, 0.29) is 11.4 Å². The fraction of sp³-hybridized carbons (Fsp3) is 0.176. The first-order valence-electron chi connectivity index (χ1n) is 7.49. The van der Waals surface area contributed by atoms with Crippen LogP contribution in [-0.4, -0.2) is 28.7 Å². The number of hydrogen-bond acceptors (Lipinski definition) is 6. The number of nitro benzene ring substituents is 1. The number of nitrogens with one attached hydrogen (secondary N) is 1. The summed E-state index contributed by atoms with van der Waals surface area (Å²) in [4.78, 5) is 34.4. The van der Waals surface area contributed by atoms with Crippen molar-refractivity contribution < 1.29 is 23.6 Å². The van der Waals surface area contributed by atoms with E-state index in [1.54, 1.807) is 13.0 Å². The Kier molecular flexibility index (Phi) is 6.67. The molecule has 136 valence electrons. The van der Waals surface area contributed by atoms with Crippen LogP contribution in [0.2, 0.25) is 0 Å². The molecule has 2 aromatic carbocycles. The number of amides is 1. The molecule has 0 fully saturated rings. The maximum absolute atomic E-state index is 13.4. The Labute approximate surface area is 152 Å². The summed E-state index contributed by atoms with van der Waals surface area (Å²) in [5, 5.41) is 12.3. The average molecular weight is 378 g/mol. The Morgan fingerprint density at radius 3 is 2.50 bits per heavy atom. The van der Waals surface area contributed by atoms with Crippen molar-refractivity contribution in [2.45, 2.75) is 17.1 Å². The second kappa shape index (κ2) is 8.95. The van der Waals surface area contributed by atoms with Crippen LogP contribution in [0, 0.1) is 15.9 Å². The predicted octanol–water partition coefficient (Wildman–Crippen LogP) is 3.40. The molecule has 0 aliphatic carbocycles. The number of thioether (sulfide) groups is 1. The largest absolute Gasteiger partial charge is 0.455 e. The van der Waals surface area contributed by atoms with E-state index >= 15 is 0 Å². The number of para-hydroxylation sites is 1. The first-order chi connectivity index (χ1) is 12.4. The van der Waals surface area contributed by atoms with E-state index in [1.807, 2.05) is 0 Å². The van der Waals surface area contributed by atoms with Crippen LogP contribution in [0.3, 0.4) is 0 Å². The number of rotatable bonds is 7. The monoisotopic (exact) mass is 378 g/mol. The van der Waals surface area contributed by atoms with E-state index in [9.17, 15) is 24.1 Å². The summed E-state index contributed by atoms with van der Waals surface area (Å²) in [5.74, 6) is -1.87. The van der Waals surface area contributed by atoms with Gasteiger partial charge in [-0.15, -0.1) is 11.8 Å². The molecule has 0 saturated heterocycles. The molecule has 0 aliphatic rings. The smallest absolute Gasteiger partial charge is 0.319 e. The second-order valence-electron chi connectivity index (χ2n) is 5.15. The summed E-state index contributed by atoms with van der Waals surface area (Å²) in [6.45, 7) is 1.04. The van der Waals surface area contributed by atoms with E-state index in [0.29, 0.717) is 4.90 Å². The molecule has 0 bridgehead atoms. The van der Waals surface area contributed by atoms with E-state index in [4.69, 9.17) is 4.74 Å². The van der Waals surface area contributed by atoms with Gasteiger partial charge in [-0.1, -0.05) is 12.1 Å². The molecular formula is C17H15FN2O5S. The fourth-order valence-corrected chi connectivity index (χ4v) is 2.77. The molecule has 1 N–H and O–H groups in total. The molecular weight excluding hydrogens is 363 g/mol. The lowest BCUT2D eigenvalue weighted by Gasteiger charge is -2.11. The number of nitro groups is 1. The van der Waals surface area contributed by atoms with Gasteiger partial charge in [-0.25, -0.2) is 4.39 Å². The quantitative estimate of drug-likeness (QED) is 0.343. The number of carbonyl (C=O) groups is 2. The van der Waals surface area contributed by atoms with Crippen LogP contribution in [0.1, 0.15) is 6.92 Å². The zero-order valence-corrected chi connectivity index (χ0v) is 14.5. The summed E-state index contributed by atoms with van der Waals surface area (Å²) >= 11 is 1.14. The van der Waals surface area contributed by atoms with E-state index in [0.717, 1.165) is 11.8 Å². The van der Waals surface area contributed by atoms with Crippen molar-refractivity contribution in [1.82, 2.24) is 0 Å². The van der Waals surface area contributed by atoms with Gasteiger partial charge in [0.15, 0.2) is 6.61 Å². The number of benzene rings is 2. The van der Waals surface area contributed by atoms with E-state index < -0.39 is 34.5 Å². The van der Waals surface area contributed by atoms with Crippen molar-refractivity contribution in [3.05, 3.63) is 64.5 Å². The maximum atomic E-state index is 13.4. The van der Waals surface area contributed by atoms with E-state index in [1.165, 1.54) is 42.5 Å². The highest BCUT2D eigenvalue weighted by molar-refractivity contribution is 8.00. The van der Waals surface area contributed by atoms with Gasteiger partial charge in [0, 0.05) is 17.0 Å². The minimum absolute atomic E-state index is 0.00172. The van der Waals surface area contributed by atoms with Gasteiger partial charge in [-0.2, -0.15) is 0 Å². The van der Waals surface area contributed by atoms with Crippen LogP contribution in [0.5, 0.6) is 0 Å². The number of anilines is 1. The first kappa shape index (κ1) is 19.4. The maximum Gasteiger partial charge on any atom is 0.319 e. The third-order valence-corrected chi connectivity index (χ3v) is 4.28. The molecule has 26 heavy (non-hydrogen) atoms. The lowest BCUT2D eigenvalue weighted by molar-refractivity contribution is -0.384. The Morgan fingerprint density at radius 1 is 1.23 bits per heavy atom. The van der Waals surface area contributed by atoms with Crippen molar-refractivity contribution in [2.24, 2.45) is 0 Å². The molecule has 1 atom stereocenters. The molecule has 0 heterocycles. The number of nitrogens with zero attached hydrogens (tertiary/aromatic N) is 1.